The summed E-state index contributed by atoms with van der Waals surface area (Å²) in [7, 11) is 0. The number of aliphatic hydroxyl groups is 1. The van der Waals surface area contributed by atoms with Gasteiger partial charge in [0, 0.05) is 11.6 Å². The smallest absolute Gasteiger partial charge is 0.283 e. The zero-order valence-corrected chi connectivity index (χ0v) is 12.1. The minimum atomic E-state index is -0.805. The fourth-order valence-corrected chi connectivity index (χ4v) is 2.73. The van der Waals surface area contributed by atoms with Gasteiger partial charge < -0.3 is 10.0 Å². The largest absolute Gasteiger partial charge is 0.386 e. The predicted molar refractivity (Wildman–Crippen MR) is 76.0 cm³/mol. The van der Waals surface area contributed by atoms with E-state index in [9.17, 15) is 20.0 Å². The van der Waals surface area contributed by atoms with Gasteiger partial charge >= 0.3 is 0 Å². The summed E-state index contributed by atoms with van der Waals surface area (Å²) in [4.78, 5) is 24.7. The molecule has 7 heteroatoms. The number of β-amino-alcohol motifs (C(OH)–C–C–N with tert-alkyl or cyclic N) is 1. The van der Waals surface area contributed by atoms with Crippen molar-refractivity contribution < 1.29 is 14.8 Å². The molecule has 0 aliphatic carbocycles. The molecule has 1 saturated heterocycles. The molecule has 2 rings (SSSR count). The molecule has 20 heavy (non-hydrogen) atoms. The van der Waals surface area contributed by atoms with E-state index in [0.29, 0.717) is 11.3 Å². The summed E-state index contributed by atoms with van der Waals surface area (Å²) in [5.74, 6) is -0.279. The summed E-state index contributed by atoms with van der Waals surface area (Å²) >= 11 is 1.27. The van der Waals surface area contributed by atoms with Crippen LogP contribution in [0.5, 0.6) is 0 Å². The molecular formula is C13H16N2O4S. The van der Waals surface area contributed by atoms with E-state index in [2.05, 4.69) is 0 Å². The lowest BCUT2D eigenvalue weighted by Crippen LogP contribution is -2.63. The van der Waals surface area contributed by atoms with E-state index in [4.69, 9.17) is 0 Å². The van der Waals surface area contributed by atoms with Gasteiger partial charge in [0.2, 0.25) is 0 Å². The maximum Gasteiger partial charge on any atom is 0.283 e. The highest BCUT2D eigenvalue weighted by atomic mass is 32.2. The summed E-state index contributed by atoms with van der Waals surface area (Å²) in [6.07, 6.45) is 2.34. The van der Waals surface area contributed by atoms with E-state index < -0.39 is 10.5 Å². The number of nitrogens with zero attached hydrogens (tertiary/aromatic N) is 2. The van der Waals surface area contributed by atoms with Crippen LogP contribution in [0.15, 0.2) is 23.1 Å². The van der Waals surface area contributed by atoms with Crippen LogP contribution in [0.3, 0.4) is 0 Å². The summed E-state index contributed by atoms with van der Waals surface area (Å²) in [5.41, 5.74) is -0.580. The summed E-state index contributed by atoms with van der Waals surface area (Å²) in [6, 6.07) is 4.48. The maximum atomic E-state index is 12.2. The molecule has 0 spiro atoms. The number of hydrogen-bond donors (Lipinski definition) is 1. The topological polar surface area (TPSA) is 83.7 Å². The summed E-state index contributed by atoms with van der Waals surface area (Å²) in [6.45, 7) is 2.42. The highest BCUT2D eigenvalue weighted by molar-refractivity contribution is 7.98. The third-order valence-electron chi connectivity index (χ3n) is 3.54. The number of carbonyl (C=O) groups is 1. The van der Waals surface area contributed by atoms with Gasteiger partial charge in [-0.2, -0.15) is 0 Å². The zero-order valence-electron chi connectivity index (χ0n) is 11.3. The average molecular weight is 296 g/mol. The Balaban J connectivity index is 2.20. The van der Waals surface area contributed by atoms with Crippen LogP contribution in [0, 0.1) is 10.1 Å². The minimum absolute atomic E-state index is 0.0605. The zero-order chi connectivity index (χ0) is 14.9. The van der Waals surface area contributed by atoms with Gasteiger partial charge in [-0.3, -0.25) is 14.9 Å². The van der Waals surface area contributed by atoms with Crippen LogP contribution >= 0.6 is 11.8 Å². The third-order valence-corrected chi connectivity index (χ3v) is 4.32. The second-order valence-electron chi connectivity index (χ2n) is 4.88. The van der Waals surface area contributed by atoms with Crippen molar-refractivity contribution in [3.8, 4) is 0 Å². The molecule has 1 heterocycles. The molecule has 108 valence electrons. The molecule has 1 aliphatic heterocycles. The third kappa shape index (κ3) is 2.64. The van der Waals surface area contributed by atoms with Gasteiger partial charge in [-0.25, -0.2) is 0 Å². The second-order valence-corrected chi connectivity index (χ2v) is 5.73. The number of nitro groups is 1. The normalized spacial score (nSPS) is 16.6. The molecule has 1 aromatic carbocycles. The van der Waals surface area contributed by atoms with Crippen LogP contribution in [-0.2, 0) is 0 Å². The average Bonchev–Trinajstić information content (AvgIpc) is 2.42. The van der Waals surface area contributed by atoms with Gasteiger partial charge in [-0.1, -0.05) is 6.92 Å². The van der Waals surface area contributed by atoms with Gasteiger partial charge in [0.15, 0.2) is 0 Å². The van der Waals surface area contributed by atoms with E-state index in [0.717, 1.165) is 0 Å². The molecule has 0 radical (unpaired) electrons. The minimum Gasteiger partial charge on any atom is -0.386 e. The second kappa shape index (κ2) is 5.41. The molecule has 1 fully saturated rings. The molecular weight excluding hydrogens is 280 g/mol. The summed E-state index contributed by atoms with van der Waals surface area (Å²) in [5, 5.41) is 20.9. The Morgan fingerprint density at radius 1 is 1.55 bits per heavy atom. The Labute approximate surface area is 120 Å². The first-order valence-corrected chi connectivity index (χ1v) is 7.47. The number of rotatable bonds is 4. The molecule has 1 aliphatic rings. The van der Waals surface area contributed by atoms with Crippen molar-refractivity contribution in [1.29, 1.82) is 0 Å². The first-order valence-electron chi connectivity index (χ1n) is 6.24. The monoisotopic (exact) mass is 296 g/mol. The molecule has 0 unspecified atom stereocenters. The highest BCUT2D eigenvalue weighted by Gasteiger charge is 2.42. The lowest BCUT2D eigenvalue weighted by molar-refractivity contribution is -0.387. The molecule has 1 aromatic rings. The van der Waals surface area contributed by atoms with Gasteiger partial charge in [-0.15, -0.1) is 11.8 Å². The van der Waals surface area contributed by atoms with Crippen molar-refractivity contribution in [2.75, 3.05) is 19.3 Å². The lowest BCUT2D eigenvalue weighted by atomic mass is 9.90. The van der Waals surface area contributed by atoms with Crippen molar-refractivity contribution in [2.45, 2.75) is 23.8 Å². The van der Waals surface area contributed by atoms with Gasteiger partial charge in [0.1, 0.15) is 0 Å². The standard InChI is InChI=1S/C13H16N2O4S/c1-3-13(17)7-14(8-13)12(16)9-4-5-11(20-2)10(6-9)15(18)19/h4-6,17H,3,7-8H2,1-2H3. The fraction of sp³-hybridized carbons (Fsp3) is 0.462. The van der Waals surface area contributed by atoms with E-state index in [1.165, 1.54) is 22.7 Å². The van der Waals surface area contributed by atoms with E-state index in [1.54, 1.807) is 18.4 Å². The molecule has 0 saturated carbocycles. The number of thioether (sulfide) groups is 1. The molecule has 1 amide bonds. The van der Waals surface area contributed by atoms with Crippen LogP contribution in [0.2, 0.25) is 0 Å². The number of hydrogen-bond acceptors (Lipinski definition) is 5. The maximum absolute atomic E-state index is 12.2. The Kier molecular flexibility index (Phi) is 4.01. The Hall–Kier alpha value is -1.60. The number of benzene rings is 1. The van der Waals surface area contributed by atoms with Gasteiger partial charge in [0.25, 0.3) is 11.6 Å². The van der Waals surface area contributed by atoms with E-state index >= 15 is 0 Å². The number of likely N-dealkylation sites (tertiary alicyclic amines) is 1. The van der Waals surface area contributed by atoms with Crippen LogP contribution in [0.1, 0.15) is 23.7 Å². The van der Waals surface area contributed by atoms with E-state index in [-0.39, 0.29) is 30.2 Å². The molecule has 0 aromatic heterocycles. The van der Waals surface area contributed by atoms with Crippen molar-refractivity contribution in [3.05, 3.63) is 33.9 Å². The lowest BCUT2D eigenvalue weighted by Gasteiger charge is -2.46. The van der Waals surface area contributed by atoms with Crippen molar-refractivity contribution in [3.63, 3.8) is 0 Å². The molecule has 1 N–H and O–H groups in total. The number of carbonyl (C=O) groups excluding carboxylic acids is 1. The highest BCUT2D eigenvalue weighted by Crippen LogP contribution is 2.30. The van der Waals surface area contributed by atoms with Crippen molar-refractivity contribution in [1.82, 2.24) is 4.90 Å². The van der Waals surface area contributed by atoms with Gasteiger partial charge in [-0.05, 0) is 24.8 Å². The van der Waals surface area contributed by atoms with Crippen LogP contribution < -0.4 is 0 Å². The number of nitro benzene ring substituents is 1. The van der Waals surface area contributed by atoms with Crippen LogP contribution in [-0.4, -0.2) is 45.8 Å². The Morgan fingerprint density at radius 3 is 2.70 bits per heavy atom. The number of amides is 1. The Morgan fingerprint density at radius 2 is 2.20 bits per heavy atom. The molecule has 0 atom stereocenters. The molecule has 6 nitrogen and oxygen atoms in total. The van der Waals surface area contributed by atoms with E-state index in [1.807, 2.05) is 6.92 Å². The Bertz CT molecular complexity index is 555. The molecule has 0 bridgehead atoms. The van der Waals surface area contributed by atoms with Crippen LogP contribution in [0.4, 0.5) is 5.69 Å². The first-order chi connectivity index (χ1) is 9.40. The van der Waals surface area contributed by atoms with Gasteiger partial charge in [0.05, 0.1) is 28.5 Å². The predicted octanol–water partition coefficient (Wildman–Crippen LogP) is 1.91. The SMILES string of the molecule is CCC1(O)CN(C(=O)c2ccc(SC)c([N+](=O)[O-])c2)C1. The van der Waals surface area contributed by atoms with Crippen molar-refractivity contribution in [2.24, 2.45) is 0 Å². The first kappa shape index (κ1) is 14.8. The fourth-order valence-electron chi connectivity index (χ4n) is 2.18. The van der Waals surface area contributed by atoms with Crippen molar-refractivity contribution >= 4 is 23.4 Å². The quantitative estimate of drug-likeness (QED) is 0.521. The van der Waals surface area contributed by atoms with Crippen LogP contribution in [0.25, 0.3) is 0 Å². The summed E-state index contributed by atoms with van der Waals surface area (Å²) < 4.78 is 0.